The molecule has 1 N–H and O–H groups in total. The first-order chi connectivity index (χ1) is 10.3. The predicted octanol–water partition coefficient (Wildman–Crippen LogP) is 0.414. The van der Waals surface area contributed by atoms with Gasteiger partial charge in [-0.15, -0.1) is 0 Å². The first-order valence-corrected chi connectivity index (χ1v) is 8.00. The van der Waals surface area contributed by atoms with Crippen LogP contribution in [0.3, 0.4) is 0 Å². The number of amides is 2. The van der Waals surface area contributed by atoms with E-state index in [4.69, 9.17) is 9.47 Å². The summed E-state index contributed by atoms with van der Waals surface area (Å²) in [7, 11) is 0. The average Bonchev–Trinajstić information content (AvgIpc) is 2.81. The second-order valence-electron chi connectivity index (χ2n) is 8.08. The van der Waals surface area contributed by atoms with Crippen LogP contribution in [0.2, 0.25) is 0 Å². The summed E-state index contributed by atoms with van der Waals surface area (Å²) in [6.07, 6.45) is 0.920. The van der Waals surface area contributed by atoms with Gasteiger partial charge in [-0.3, -0.25) is 9.59 Å². The number of hydrogen-bond donors (Lipinski definition) is 1. The summed E-state index contributed by atoms with van der Waals surface area (Å²) in [5.41, 5.74) is -0.764. The van der Waals surface area contributed by atoms with Crippen LogP contribution in [0, 0.1) is 16.2 Å². The van der Waals surface area contributed by atoms with Crippen LogP contribution >= 0.6 is 0 Å². The molecule has 3 fully saturated rings. The maximum absolute atomic E-state index is 12.5. The molecule has 0 saturated carbocycles. The first-order valence-electron chi connectivity index (χ1n) is 8.00. The first kappa shape index (κ1) is 15.7. The van der Waals surface area contributed by atoms with Gasteiger partial charge in [0.05, 0.1) is 37.3 Å². The van der Waals surface area contributed by atoms with E-state index in [9.17, 15) is 9.59 Å². The highest BCUT2D eigenvalue weighted by Gasteiger charge is 2.47. The number of likely N-dealkylation sites (tertiary alicyclic amines) is 1. The second kappa shape index (κ2) is 5.20. The van der Waals surface area contributed by atoms with Crippen LogP contribution in [-0.4, -0.2) is 62.8 Å². The summed E-state index contributed by atoms with van der Waals surface area (Å²) < 4.78 is 10.3. The maximum Gasteiger partial charge on any atom is 0.233 e. The fourth-order valence-electron chi connectivity index (χ4n) is 3.30. The minimum absolute atomic E-state index is 0.0484. The Balaban J connectivity index is 1.52. The van der Waals surface area contributed by atoms with Gasteiger partial charge in [-0.1, -0.05) is 6.92 Å². The Labute approximate surface area is 131 Å². The Morgan fingerprint density at radius 2 is 1.64 bits per heavy atom. The molecule has 22 heavy (non-hydrogen) atoms. The van der Waals surface area contributed by atoms with Crippen molar-refractivity contribution in [2.45, 2.75) is 27.2 Å². The smallest absolute Gasteiger partial charge is 0.233 e. The number of carbonyl (C=O) groups excluding carboxylic acids is 2. The van der Waals surface area contributed by atoms with Crippen molar-refractivity contribution >= 4 is 11.8 Å². The Hall–Kier alpha value is -1.14. The van der Waals surface area contributed by atoms with E-state index in [1.807, 2.05) is 18.7 Å². The zero-order valence-electron chi connectivity index (χ0n) is 13.7. The van der Waals surface area contributed by atoms with Crippen molar-refractivity contribution in [3.63, 3.8) is 0 Å². The monoisotopic (exact) mass is 310 g/mol. The van der Waals surface area contributed by atoms with Gasteiger partial charge in [-0.05, 0) is 20.3 Å². The molecule has 0 aromatic rings. The summed E-state index contributed by atoms with van der Waals surface area (Å²) in [6.45, 7) is 10.2. The maximum atomic E-state index is 12.5. The molecular formula is C16H26N2O4. The van der Waals surface area contributed by atoms with Crippen molar-refractivity contribution in [2.75, 3.05) is 46.1 Å². The molecule has 1 unspecified atom stereocenters. The highest BCUT2D eigenvalue weighted by atomic mass is 16.5. The lowest BCUT2D eigenvalue weighted by Crippen LogP contribution is -2.54. The van der Waals surface area contributed by atoms with Crippen molar-refractivity contribution in [2.24, 2.45) is 16.2 Å². The Kier molecular flexibility index (Phi) is 3.72. The van der Waals surface area contributed by atoms with Crippen LogP contribution in [-0.2, 0) is 19.1 Å². The van der Waals surface area contributed by atoms with E-state index in [0.29, 0.717) is 39.5 Å². The zero-order valence-corrected chi connectivity index (χ0v) is 13.7. The lowest BCUT2D eigenvalue weighted by Gasteiger charge is -2.40. The molecule has 0 bridgehead atoms. The number of nitrogens with zero attached hydrogens (tertiary/aromatic N) is 1. The van der Waals surface area contributed by atoms with Gasteiger partial charge in [0.15, 0.2) is 0 Å². The molecule has 3 heterocycles. The molecule has 3 rings (SSSR count). The molecule has 3 aliphatic heterocycles. The van der Waals surface area contributed by atoms with Crippen LogP contribution in [0.15, 0.2) is 0 Å². The number of ether oxygens (including phenoxy) is 2. The van der Waals surface area contributed by atoms with E-state index >= 15 is 0 Å². The predicted molar refractivity (Wildman–Crippen MR) is 80.2 cm³/mol. The molecule has 3 aliphatic rings. The molecule has 0 spiro atoms. The van der Waals surface area contributed by atoms with Crippen LogP contribution < -0.4 is 5.32 Å². The van der Waals surface area contributed by atoms with Crippen LogP contribution in [0.5, 0.6) is 0 Å². The molecule has 124 valence electrons. The summed E-state index contributed by atoms with van der Waals surface area (Å²) in [6, 6.07) is 0. The van der Waals surface area contributed by atoms with Gasteiger partial charge in [0.1, 0.15) is 0 Å². The number of hydrogen-bond acceptors (Lipinski definition) is 4. The van der Waals surface area contributed by atoms with Crippen molar-refractivity contribution in [3.8, 4) is 0 Å². The van der Waals surface area contributed by atoms with Gasteiger partial charge in [0, 0.05) is 25.0 Å². The third kappa shape index (κ3) is 2.63. The van der Waals surface area contributed by atoms with Crippen LogP contribution in [0.4, 0.5) is 0 Å². The highest BCUT2D eigenvalue weighted by Crippen LogP contribution is 2.36. The number of rotatable bonds is 4. The van der Waals surface area contributed by atoms with Gasteiger partial charge in [-0.25, -0.2) is 0 Å². The molecule has 0 radical (unpaired) electrons. The average molecular weight is 310 g/mol. The van der Waals surface area contributed by atoms with Crippen molar-refractivity contribution in [3.05, 3.63) is 0 Å². The fraction of sp³-hybridized carbons (Fsp3) is 0.875. The molecule has 0 aromatic heterocycles. The van der Waals surface area contributed by atoms with Crippen molar-refractivity contribution < 1.29 is 19.1 Å². The molecule has 2 amide bonds. The molecule has 3 saturated heterocycles. The fourth-order valence-corrected chi connectivity index (χ4v) is 3.30. The van der Waals surface area contributed by atoms with E-state index in [1.54, 1.807) is 0 Å². The van der Waals surface area contributed by atoms with Crippen molar-refractivity contribution in [1.82, 2.24) is 10.2 Å². The standard InChI is InChI=1S/C16H26N2O4/c1-14(6-17-12(19)15(2)8-21-9-15)4-5-18(7-14)13(20)16(3)10-22-11-16/h4-11H2,1-3H3,(H,17,19). The van der Waals surface area contributed by atoms with E-state index < -0.39 is 0 Å². The third-order valence-electron chi connectivity index (χ3n) is 5.27. The minimum atomic E-state index is -0.374. The Morgan fingerprint density at radius 3 is 2.14 bits per heavy atom. The summed E-state index contributed by atoms with van der Waals surface area (Å²) in [5.74, 6) is 0.247. The SMILES string of the molecule is CC1(CNC(=O)C2(C)COC2)CCN(C(=O)C2(C)COC2)C1. The van der Waals surface area contributed by atoms with Gasteiger partial charge in [-0.2, -0.15) is 0 Å². The Morgan fingerprint density at radius 1 is 1.05 bits per heavy atom. The zero-order chi connectivity index (χ0) is 16.0. The van der Waals surface area contributed by atoms with Gasteiger partial charge in [0.25, 0.3) is 0 Å². The molecule has 6 nitrogen and oxygen atoms in total. The lowest BCUT2D eigenvalue weighted by molar-refractivity contribution is -0.168. The number of nitrogens with one attached hydrogen (secondary N) is 1. The van der Waals surface area contributed by atoms with E-state index in [-0.39, 0.29) is 28.1 Å². The molecular weight excluding hydrogens is 284 g/mol. The normalized spacial score (nSPS) is 32.0. The molecule has 0 aliphatic carbocycles. The largest absolute Gasteiger partial charge is 0.379 e. The lowest BCUT2D eigenvalue weighted by atomic mass is 9.85. The molecule has 1 atom stereocenters. The van der Waals surface area contributed by atoms with E-state index in [0.717, 1.165) is 13.0 Å². The summed E-state index contributed by atoms with van der Waals surface area (Å²) in [4.78, 5) is 26.7. The van der Waals surface area contributed by atoms with E-state index in [1.165, 1.54) is 0 Å². The van der Waals surface area contributed by atoms with Crippen LogP contribution in [0.1, 0.15) is 27.2 Å². The third-order valence-corrected chi connectivity index (χ3v) is 5.27. The second-order valence-corrected chi connectivity index (χ2v) is 8.08. The summed E-state index contributed by atoms with van der Waals surface area (Å²) in [5, 5.41) is 3.05. The topological polar surface area (TPSA) is 67.9 Å². The van der Waals surface area contributed by atoms with Gasteiger partial charge >= 0.3 is 0 Å². The van der Waals surface area contributed by atoms with E-state index in [2.05, 4.69) is 12.2 Å². The van der Waals surface area contributed by atoms with Gasteiger partial charge in [0.2, 0.25) is 11.8 Å². The molecule has 0 aromatic carbocycles. The number of carbonyl (C=O) groups is 2. The highest BCUT2D eigenvalue weighted by molar-refractivity contribution is 5.84. The Bertz CT molecular complexity index is 485. The summed E-state index contributed by atoms with van der Waals surface area (Å²) >= 11 is 0. The van der Waals surface area contributed by atoms with Crippen molar-refractivity contribution in [1.29, 1.82) is 0 Å². The minimum Gasteiger partial charge on any atom is -0.379 e. The van der Waals surface area contributed by atoms with Gasteiger partial charge < -0.3 is 19.7 Å². The quantitative estimate of drug-likeness (QED) is 0.817. The molecule has 6 heteroatoms. The van der Waals surface area contributed by atoms with Crippen LogP contribution in [0.25, 0.3) is 0 Å².